The number of aliphatic hydroxyl groups is 1. The molecule has 0 aliphatic carbocycles. The lowest BCUT2D eigenvalue weighted by atomic mass is 10.2. The van der Waals surface area contributed by atoms with Crippen LogP contribution in [0.3, 0.4) is 0 Å². The Bertz CT molecular complexity index is 1630. The second-order valence-electron chi connectivity index (χ2n) is 14.5. The van der Waals surface area contributed by atoms with E-state index in [0.717, 1.165) is 83.5 Å². The molecule has 0 rings (SSSR count). The number of carboxylic acids is 1. The molecule has 3 unspecified atom stereocenters. The van der Waals surface area contributed by atoms with Gasteiger partial charge in [-0.3, -0.25) is 18.6 Å². The lowest BCUT2D eigenvalue weighted by molar-refractivity contribution is -0.147. The second-order valence-corrected chi connectivity index (χ2v) is 15.9. The average molecular weight is 908 g/mol. The zero-order chi connectivity index (χ0) is 47.0. The maximum absolute atomic E-state index is 12.3. The fourth-order valence-electron chi connectivity index (χ4n) is 5.16. The van der Waals surface area contributed by atoms with Gasteiger partial charge in [0.2, 0.25) is 5.91 Å². The Morgan fingerprint density at radius 2 is 0.859 bits per heavy atom. The number of ether oxygens (including phenoxy) is 1. The van der Waals surface area contributed by atoms with Crippen LogP contribution in [-0.2, 0) is 32.7 Å². The maximum Gasteiger partial charge on any atom is 0.472 e. The Morgan fingerprint density at radius 3 is 1.25 bits per heavy atom. The lowest BCUT2D eigenvalue weighted by Gasteiger charge is -2.18. The third kappa shape index (κ3) is 44.0. The summed E-state index contributed by atoms with van der Waals surface area (Å²) < 4.78 is 26.8. The number of nitrogens with one attached hydrogen (secondary N) is 1. The summed E-state index contributed by atoms with van der Waals surface area (Å²) in [4.78, 5) is 45.9. The summed E-state index contributed by atoms with van der Waals surface area (Å²) in [5.74, 6) is -2.56. The van der Waals surface area contributed by atoms with Gasteiger partial charge < -0.3 is 25.2 Å². The van der Waals surface area contributed by atoms with Crippen LogP contribution in [0, 0.1) is 0 Å². The highest BCUT2D eigenvalue weighted by Gasteiger charge is 2.28. The molecule has 0 saturated heterocycles. The molecule has 0 spiro atoms. The number of aliphatic hydroxyl groups excluding tert-OH is 1. The summed E-state index contributed by atoms with van der Waals surface area (Å²) in [6.07, 6.45) is 63.2. The SMILES string of the molecule is CC/C=C\C/C=C\C/C=C\C/C=C\C/C=C\C/C=C\CCCCC(=O)OCC(O)COP(=O)(O)OCC(NC(=O)CC/C=C\C/C=C\C/C=C\C/C=C\C/C=C\C/C=C\CC)C(=O)O. The van der Waals surface area contributed by atoms with E-state index < -0.39 is 57.6 Å². The van der Waals surface area contributed by atoms with Gasteiger partial charge in [-0.1, -0.05) is 160 Å². The van der Waals surface area contributed by atoms with Crippen molar-refractivity contribution in [3.8, 4) is 0 Å². The topological polar surface area (TPSA) is 169 Å². The Kier molecular flexibility index (Phi) is 41.7. The summed E-state index contributed by atoms with van der Waals surface area (Å²) in [6.45, 7) is 2.24. The fraction of sp³-hybridized carbons (Fsp3) is 0.481. The number of unbranched alkanes of at least 4 members (excludes halogenated alkanes) is 2. The van der Waals surface area contributed by atoms with Gasteiger partial charge in [0, 0.05) is 12.8 Å². The molecular weight excluding hydrogens is 830 g/mol. The number of rotatable bonds is 40. The lowest BCUT2D eigenvalue weighted by Crippen LogP contribution is -2.43. The molecule has 0 aromatic heterocycles. The molecule has 0 heterocycles. The van der Waals surface area contributed by atoms with Gasteiger partial charge in [-0.2, -0.15) is 0 Å². The van der Waals surface area contributed by atoms with E-state index in [1.807, 2.05) is 18.2 Å². The number of hydrogen-bond donors (Lipinski definition) is 4. The normalized spacial score (nSPS) is 14.9. The van der Waals surface area contributed by atoms with Crippen LogP contribution in [-0.4, -0.2) is 64.9 Å². The summed E-state index contributed by atoms with van der Waals surface area (Å²) in [5.41, 5.74) is 0. The maximum atomic E-state index is 12.3. The van der Waals surface area contributed by atoms with Crippen molar-refractivity contribution in [3.05, 3.63) is 146 Å². The van der Waals surface area contributed by atoms with Crippen LogP contribution >= 0.6 is 7.82 Å². The van der Waals surface area contributed by atoms with Crippen LogP contribution < -0.4 is 5.32 Å². The van der Waals surface area contributed by atoms with E-state index in [1.165, 1.54) is 0 Å². The molecule has 356 valence electrons. The average Bonchev–Trinajstić information content (AvgIpc) is 3.27. The highest BCUT2D eigenvalue weighted by atomic mass is 31.2. The van der Waals surface area contributed by atoms with Crippen molar-refractivity contribution in [2.24, 2.45) is 0 Å². The quantitative estimate of drug-likeness (QED) is 0.0201. The first-order valence-electron chi connectivity index (χ1n) is 22.9. The number of aliphatic carboxylic acids is 1. The summed E-state index contributed by atoms with van der Waals surface area (Å²) >= 11 is 0. The van der Waals surface area contributed by atoms with Gasteiger partial charge in [0.05, 0.1) is 13.2 Å². The largest absolute Gasteiger partial charge is 0.480 e. The highest BCUT2D eigenvalue weighted by molar-refractivity contribution is 7.47. The number of allylic oxidation sites excluding steroid dienone is 24. The van der Waals surface area contributed by atoms with E-state index in [1.54, 1.807) is 0 Å². The molecule has 0 aliphatic rings. The molecule has 3 atom stereocenters. The Labute approximate surface area is 384 Å². The van der Waals surface area contributed by atoms with E-state index in [0.29, 0.717) is 19.3 Å². The molecule has 64 heavy (non-hydrogen) atoms. The van der Waals surface area contributed by atoms with Crippen LogP contribution in [0.15, 0.2) is 146 Å². The predicted molar refractivity (Wildman–Crippen MR) is 262 cm³/mol. The Morgan fingerprint density at radius 1 is 0.500 bits per heavy atom. The van der Waals surface area contributed by atoms with Gasteiger partial charge in [-0.05, 0) is 103 Å². The van der Waals surface area contributed by atoms with Crippen molar-refractivity contribution >= 4 is 25.7 Å². The second kappa shape index (κ2) is 44.9. The molecular formula is C52H78NO10P. The summed E-state index contributed by atoms with van der Waals surface area (Å²) in [6, 6.07) is -1.60. The first-order valence-corrected chi connectivity index (χ1v) is 24.4. The molecule has 0 aliphatic heterocycles. The minimum Gasteiger partial charge on any atom is -0.480 e. The van der Waals surface area contributed by atoms with E-state index in [9.17, 15) is 34.1 Å². The van der Waals surface area contributed by atoms with Crippen molar-refractivity contribution in [1.82, 2.24) is 5.32 Å². The highest BCUT2D eigenvalue weighted by Crippen LogP contribution is 2.43. The van der Waals surface area contributed by atoms with E-state index in [2.05, 4.69) is 147 Å². The molecule has 0 aromatic rings. The minimum absolute atomic E-state index is 0.00756. The standard InChI is InChI=1S/C52H78NO10P/c1-3-5-7-9-11-13-15-17-19-21-23-24-26-28-30-32-34-36-38-40-42-44-51(56)61-45-48(54)46-62-64(59,60)63-47-49(52(57)58)53-50(55)43-41-39-37-35-33-31-29-27-25-22-20-18-16-14-12-10-8-6-4-2/h5-8,11-14,17-20,23-25,27-28,30-31,33-34,36-37,39,48-49,54H,3-4,9-10,15-16,21-22,26,29,32,35,38,40-47H2,1-2H3,(H,53,55)(H,57,58)(H,59,60)/b7-5-,8-6-,13-11-,14-12-,19-17-,20-18-,24-23-,27-25-,30-28-,33-31-,36-34-,39-37-. The van der Waals surface area contributed by atoms with E-state index in [-0.39, 0.29) is 12.8 Å². The number of hydrogen-bond acceptors (Lipinski definition) is 8. The zero-order valence-electron chi connectivity index (χ0n) is 38.5. The number of carbonyl (C=O) groups excluding carboxylic acids is 2. The number of phosphoric ester groups is 1. The minimum atomic E-state index is -4.80. The van der Waals surface area contributed by atoms with Gasteiger partial charge >= 0.3 is 19.8 Å². The van der Waals surface area contributed by atoms with Crippen molar-refractivity contribution in [1.29, 1.82) is 0 Å². The molecule has 0 aromatic carbocycles. The van der Waals surface area contributed by atoms with Crippen molar-refractivity contribution < 1.29 is 47.8 Å². The molecule has 4 N–H and O–H groups in total. The monoisotopic (exact) mass is 908 g/mol. The van der Waals surface area contributed by atoms with Gasteiger partial charge in [-0.25, -0.2) is 9.36 Å². The van der Waals surface area contributed by atoms with Crippen LogP contribution in [0.5, 0.6) is 0 Å². The number of carbonyl (C=O) groups is 3. The van der Waals surface area contributed by atoms with Crippen molar-refractivity contribution in [2.75, 3.05) is 19.8 Å². The summed E-state index contributed by atoms with van der Waals surface area (Å²) in [7, 11) is -4.80. The number of amides is 1. The molecule has 0 fully saturated rings. The third-order valence-electron chi connectivity index (χ3n) is 8.64. The van der Waals surface area contributed by atoms with Crippen LogP contribution in [0.4, 0.5) is 0 Å². The Balaban J connectivity index is 4.09. The number of carboxylic acid groups (broad SMARTS) is 1. The molecule has 11 nitrogen and oxygen atoms in total. The van der Waals surface area contributed by atoms with Crippen molar-refractivity contribution in [3.63, 3.8) is 0 Å². The predicted octanol–water partition coefficient (Wildman–Crippen LogP) is 12.3. The van der Waals surface area contributed by atoms with Gasteiger partial charge in [0.25, 0.3) is 0 Å². The van der Waals surface area contributed by atoms with Crippen molar-refractivity contribution in [2.45, 2.75) is 142 Å². The first kappa shape index (κ1) is 59.4. The third-order valence-corrected chi connectivity index (χ3v) is 9.59. The Hall–Kier alpha value is -4.64. The first-order chi connectivity index (χ1) is 31.1. The van der Waals surface area contributed by atoms with E-state index in [4.69, 9.17) is 13.8 Å². The molecule has 0 bridgehead atoms. The molecule has 0 radical (unpaired) electrons. The van der Waals surface area contributed by atoms with Crippen LogP contribution in [0.25, 0.3) is 0 Å². The summed E-state index contributed by atoms with van der Waals surface area (Å²) in [5, 5.41) is 21.8. The zero-order valence-corrected chi connectivity index (χ0v) is 39.4. The van der Waals surface area contributed by atoms with E-state index >= 15 is 0 Å². The van der Waals surface area contributed by atoms with Crippen LogP contribution in [0.1, 0.15) is 129 Å². The molecule has 0 saturated carbocycles. The number of esters is 1. The van der Waals surface area contributed by atoms with Gasteiger partial charge in [-0.15, -0.1) is 0 Å². The smallest absolute Gasteiger partial charge is 0.472 e. The van der Waals surface area contributed by atoms with Crippen LogP contribution in [0.2, 0.25) is 0 Å². The van der Waals surface area contributed by atoms with Gasteiger partial charge in [0.1, 0.15) is 12.7 Å². The number of phosphoric acid groups is 1. The molecule has 1 amide bonds. The fourth-order valence-corrected chi connectivity index (χ4v) is 5.93. The molecule has 12 heteroatoms. The van der Waals surface area contributed by atoms with Gasteiger partial charge in [0.15, 0.2) is 6.04 Å².